The molecule has 5 heteroatoms. The first-order valence-electron chi connectivity index (χ1n) is 5.72. The summed E-state index contributed by atoms with van der Waals surface area (Å²) in [7, 11) is 0. The van der Waals surface area contributed by atoms with Gasteiger partial charge in [-0.2, -0.15) is 0 Å². The number of fused-ring (bicyclic) bond motifs is 1. The molecule has 3 N–H and O–H groups in total. The van der Waals surface area contributed by atoms with Gasteiger partial charge in [-0.3, -0.25) is 0 Å². The first-order chi connectivity index (χ1) is 8.26. The number of nitrogens with two attached hydrogens (primary N) is 1. The largest absolute Gasteiger partial charge is 0.395 e. The zero-order chi connectivity index (χ0) is 12.3. The Kier molecular flexibility index (Phi) is 3.99. The summed E-state index contributed by atoms with van der Waals surface area (Å²) in [6.07, 6.45) is 1.71. The molecular weight excluding hydrogens is 238 g/mol. The van der Waals surface area contributed by atoms with Gasteiger partial charge in [0.1, 0.15) is 5.82 Å². The first kappa shape index (κ1) is 12.4. The zero-order valence-corrected chi connectivity index (χ0v) is 10.3. The van der Waals surface area contributed by atoms with Crippen LogP contribution in [0.1, 0.15) is 12.2 Å². The van der Waals surface area contributed by atoms with Gasteiger partial charge >= 0.3 is 0 Å². The molecule has 0 aliphatic carbocycles. The average Bonchev–Trinajstić information content (AvgIpc) is 2.65. The van der Waals surface area contributed by atoms with Crippen LogP contribution in [0.4, 0.5) is 0 Å². The average molecular weight is 254 g/mol. The van der Waals surface area contributed by atoms with Gasteiger partial charge in [0.2, 0.25) is 0 Å². The van der Waals surface area contributed by atoms with Gasteiger partial charge in [-0.05, 0) is 31.2 Å². The Bertz CT molecular complexity index is 510. The van der Waals surface area contributed by atoms with E-state index in [9.17, 15) is 0 Å². The zero-order valence-electron chi connectivity index (χ0n) is 9.56. The number of hydrogen-bond donors (Lipinski definition) is 2. The lowest BCUT2D eigenvalue weighted by Crippen LogP contribution is -2.09. The van der Waals surface area contributed by atoms with E-state index in [0.717, 1.165) is 29.7 Å². The second-order valence-corrected chi connectivity index (χ2v) is 4.36. The van der Waals surface area contributed by atoms with Crippen molar-refractivity contribution in [1.29, 1.82) is 0 Å². The van der Waals surface area contributed by atoms with Crippen LogP contribution in [0, 0.1) is 0 Å². The Balaban J connectivity index is 2.46. The number of hydrogen-bond acceptors (Lipinski definition) is 3. The normalized spacial score (nSPS) is 11.2. The minimum Gasteiger partial charge on any atom is -0.395 e. The maximum absolute atomic E-state index is 9.11. The summed E-state index contributed by atoms with van der Waals surface area (Å²) >= 11 is 5.98. The molecule has 0 unspecified atom stereocenters. The van der Waals surface area contributed by atoms with Gasteiger partial charge in [-0.1, -0.05) is 11.6 Å². The number of aliphatic hydroxyl groups is 1. The van der Waals surface area contributed by atoms with Crippen molar-refractivity contribution in [3.63, 3.8) is 0 Å². The fourth-order valence-electron chi connectivity index (χ4n) is 1.95. The topological polar surface area (TPSA) is 64.1 Å². The maximum atomic E-state index is 9.11. The molecule has 0 saturated carbocycles. The summed E-state index contributed by atoms with van der Waals surface area (Å²) in [6.45, 7) is 1.27. The van der Waals surface area contributed by atoms with E-state index >= 15 is 0 Å². The predicted octanol–water partition coefficient (Wildman–Crippen LogP) is 1.57. The van der Waals surface area contributed by atoms with Crippen LogP contribution in [0.5, 0.6) is 0 Å². The lowest BCUT2D eigenvalue weighted by atomic mass is 10.3. The summed E-state index contributed by atoms with van der Waals surface area (Å²) < 4.78 is 2.01. The van der Waals surface area contributed by atoms with Crippen molar-refractivity contribution < 1.29 is 5.11 Å². The van der Waals surface area contributed by atoms with Gasteiger partial charge in [0.05, 0.1) is 17.6 Å². The van der Waals surface area contributed by atoms with Crippen molar-refractivity contribution >= 4 is 22.6 Å². The highest BCUT2D eigenvalue weighted by Crippen LogP contribution is 2.21. The Morgan fingerprint density at radius 3 is 2.94 bits per heavy atom. The van der Waals surface area contributed by atoms with Crippen LogP contribution >= 0.6 is 11.6 Å². The quantitative estimate of drug-likeness (QED) is 0.850. The van der Waals surface area contributed by atoms with Crippen molar-refractivity contribution in [2.75, 3.05) is 13.2 Å². The fraction of sp³-hybridized carbons (Fsp3) is 0.417. The highest BCUT2D eigenvalue weighted by Gasteiger charge is 2.10. The van der Waals surface area contributed by atoms with Gasteiger partial charge in [0.15, 0.2) is 0 Å². The van der Waals surface area contributed by atoms with E-state index in [-0.39, 0.29) is 6.61 Å². The molecule has 0 aliphatic rings. The summed E-state index contributed by atoms with van der Waals surface area (Å²) in [6, 6.07) is 5.61. The third-order valence-electron chi connectivity index (χ3n) is 2.72. The molecule has 17 heavy (non-hydrogen) atoms. The SMILES string of the molecule is NCCCc1nc2ccc(Cl)cc2n1CCO. The van der Waals surface area contributed by atoms with Crippen LogP contribution in [0.15, 0.2) is 18.2 Å². The molecule has 1 aromatic carbocycles. The van der Waals surface area contributed by atoms with E-state index in [1.807, 2.05) is 22.8 Å². The molecule has 0 aliphatic heterocycles. The molecule has 1 aromatic heterocycles. The third-order valence-corrected chi connectivity index (χ3v) is 2.95. The van der Waals surface area contributed by atoms with Crippen molar-refractivity contribution in [1.82, 2.24) is 9.55 Å². The van der Waals surface area contributed by atoms with Gasteiger partial charge in [0, 0.05) is 18.0 Å². The standard InChI is InChI=1S/C12H16ClN3O/c13-9-3-4-10-11(8-9)16(6-7-17)12(15-10)2-1-5-14/h3-4,8,17H,1-2,5-7,14H2. The molecule has 0 bridgehead atoms. The summed E-state index contributed by atoms with van der Waals surface area (Å²) in [5.41, 5.74) is 7.39. The summed E-state index contributed by atoms with van der Waals surface area (Å²) in [5.74, 6) is 0.960. The van der Waals surface area contributed by atoms with Crippen LogP contribution in [-0.2, 0) is 13.0 Å². The Morgan fingerprint density at radius 1 is 1.41 bits per heavy atom. The third kappa shape index (κ3) is 2.60. The number of rotatable bonds is 5. The number of aromatic nitrogens is 2. The van der Waals surface area contributed by atoms with Crippen LogP contribution in [0.3, 0.4) is 0 Å². The molecule has 4 nitrogen and oxygen atoms in total. The van der Waals surface area contributed by atoms with E-state index in [1.165, 1.54) is 0 Å². The van der Waals surface area contributed by atoms with E-state index < -0.39 is 0 Å². The predicted molar refractivity (Wildman–Crippen MR) is 69.2 cm³/mol. The van der Waals surface area contributed by atoms with Crippen molar-refractivity contribution in [2.24, 2.45) is 5.73 Å². The molecule has 0 amide bonds. The van der Waals surface area contributed by atoms with Gasteiger partial charge in [0.25, 0.3) is 0 Å². The second kappa shape index (κ2) is 5.49. The van der Waals surface area contributed by atoms with Gasteiger partial charge in [-0.25, -0.2) is 4.98 Å². The number of halogens is 1. The minimum absolute atomic E-state index is 0.0909. The van der Waals surface area contributed by atoms with Crippen LogP contribution in [0.2, 0.25) is 5.02 Å². The van der Waals surface area contributed by atoms with Crippen LogP contribution < -0.4 is 5.73 Å². The number of aliphatic hydroxyl groups excluding tert-OH is 1. The number of imidazole rings is 1. The molecular formula is C12H16ClN3O. The van der Waals surface area contributed by atoms with E-state index in [0.29, 0.717) is 18.1 Å². The molecule has 0 saturated heterocycles. The lowest BCUT2D eigenvalue weighted by molar-refractivity contribution is 0.276. The Morgan fingerprint density at radius 2 is 2.24 bits per heavy atom. The molecule has 92 valence electrons. The second-order valence-electron chi connectivity index (χ2n) is 3.93. The van der Waals surface area contributed by atoms with Crippen molar-refractivity contribution in [3.8, 4) is 0 Å². The lowest BCUT2D eigenvalue weighted by Gasteiger charge is -2.06. The summed E-state index contributed by atoms with van der Waals surface area (Å²) in [4.78, 5) is 4.55. The number of aryl methyl sites for hydroxylation is 1. The molecule has 0 atom stereocenters. The van der Waals surface area contributed by atoms with Gasteiger partial charge in [-0.15, -0.1) is 0 Å². The maximum Gasteiger partial charge on any atom is 0.109 e. The molecule has 1 heterocycles. The molecule has 2 aromatic rings. The molecule has 0 radical (unpaired) electrons. The van der Waals surface area contributed by atoms with Crippen molar-refractivity contribution in [3.05, 3.63) is 29.0 Å². The Hall–Kier alpha value is -1.10. The molecule has 2 rings (SSSR count). The van der Waals surface area contributed by atoms with E-state index in [2.05, 4.69) is 4.98 Å². The van der Waals surface area contributed by atoms with Gasteiger partial charge < -0.3 is 15.4 Å². The minimum atomic E-state index is 0.0909. The van der Waals surface area contributed by atoms with E-state index in [4.69, 9.17) is 22.4 Å². The van der Waals surface area contributed by atoms with Crippen molar-refractivity contribution in [2.45, 2.75) is 19.4 Å². The van der Waals surface area contributed by atoms with Crippen LogP contribution in [-0.4, -0.2) is 27.8 Å². The number of benzene rings is 1. The van der Waals surface area contributed by atoms with E-state index in [1.54, 1.807) is 0 Å². The number of nitrogens with zero attached hydrogens (tertiary/aromatic N) is 2. The molecule has 0 spiro atoms. The highest BCUT2D eigenvalue weighted by molar-refractivity contribution is 6.31. The fourth-order valence-corrected chi connectivity index (χ4v) is 2.11. The Labute approximate surface area is 105 Å². The monoisotopic (exact) mass is 253 g/mol. The van der Waals surface area contributed by atoms with Crippen LogP contribution in [0.25, 0.3) is 11.0 Å². The summed E-state index contributed by atoms with van der Waals surface area (Å²) in [5, 5.41) is 9.79. The smallest absolute Gasteiger partial charge is 0.109 e. The highest BCUT2D eigenvalue weighted by atomic mass is 35.5. The first-order valence-corrected chi connectivity index (χ1v) is 6.09. The molecule has 0 fully saturated rings.